The van der Waals surface area contributed by atoms with Gasteiger partial charge in [0.25, 0.3) is 0 Å². The molecule has 2 aliphatic carbocycles. The van der Waals surface area contributed by atoms with Gasteiger partial charge in [-0.05, 0) is 51.0 Å². The predicted molar refractivity (Wildman–Crippen MR) is 129 cm³/mol. The van der Waals surface area contributed by atoms with E-state index in [1.165, 1.54) is 5.57 Å². The van der Waals surface area contributed by atoms with Gasteiger partial charge in [0.15, 0.2) is 0 Å². The first-order valence-corrected chi connectivity index (χ1v) is 11.7. The second-order valence-electron chi connectivity index (χ2n) is 9.10. The molecule has 0 aliphatic heterocycles. The second-order valence-corrected chi connectivity index (χ2v) is 9.10. The molecule has 4 heteroatoms. The van der Waals surface area contributed by atoms with Gasteiger partial charge in [0.1, 0.15) is 5.76 Å². The Hall–Kier alpha value is -2.88. The Morgan fingerprint density at radius 2 is 1.88 bits per heavy atom. The van der Waals surface area contributed by atoms with Crippen molar-refractivity contribution in [2.45, 2.75) is 65.8 Å². The first kappa shape index (κ1) is 23.8. The fraction of sp³-hybridized carbons (Fsp3) is 0.429. The molecule has 0 fully saturated rings. The summed E-state index contributed by atoms with van der Waals surface area (Å²) in [4.78, 5) is 26.5. The average Bonchev–Trinajstić information content (AvgIpc) is 2.77. The molecule has 0 aromatic heterocycles. The monoisotopic (exact) mass is 433 g/mol. The Morgan fingerprint density at radius 1 is 1.16 bits per heavy atom. The van der Waals surface area contributed by atoms with E-state index in [-0.39, 0.29) is 23.2 Å². The molecule has 4 nitrogen and oxygen atoms in total. The second kappa shape index (κ2) is 10.6. The number of aliphatic hydroxyl groups is 1. The molecule has 0 radical (unpaired) electrons. The van der Waals surface area contributed by atoms with Crippen LogP contribution < -0.4 is 5.32 Å². The molecule has 0 bridgehead atoms. The minimum Gasteiger partial charge on any atom is -0.505 e. The van der Waals surface area contributed by atoms with Gasteiger partial charge in [0.05, 0.1) is 11.3 Å². The SMILES string of the molecule is C=C(C)C1CCC(C)=C[C@H]1C1=C(O)C(NCc2ccccc2)=C(CCCCC)C(=O)C1=O. The molecule has 2 N–H and O–H groups in total. The number of carbonyl (C=O) groups excluding carboxylic acids is 2. The van der Waals surface area contributed by atoms with Gasteiger partial charge in [-0.25, -0.2) is 0 Å². The van der Waals surface area contributed by atoms with Crippen LogP contribution in [0, 0.1) is 11.8 Å². The van der Waals surface area contributed by atoms with E-state index in [9.17, 15) is 14.7 Å². The number of allylic oxidation sites excluding steroid dienone is 5. The van der Waals surface area contributed by atoms with Crippen molar-refractivity contribution in [2.24, 2.45) is 11.8 Å². The molecule has 0 saturated heterocycles. The number of carbonyl (C=O) groups is 2. The Kier molecular flexibility index (Phi) is 7.89. The highest BCUT2D eigenvalue weighted by Gasteiger charge is 2.41. The molecule has 3 rings (SSSR count). The third kappa shape index (κ3) is 5.12. The summed E-state index contributed by atoms with van der Waals surface area (Å²) in [5, 5.41) is 14.7. The van der Waals surface area contributed by atoms with Crippen LogP contribution in [-0.4, -0.2) is 16.7 Å². The van der Waals surface area contributed by atoms with Crippen molar-refractivity contribution in [3.63, 3.8) is 0 Å². The van der Waals surface area contributed by atoms with Crippen molar-refractivity contribution < 1.29 is 14.7 Å². The number of ketones is 2. The number of hydrogen-bond acceptors (Lipinski definition) is 4. The van der Waals surface area contributed by atoms with Gasteiger partial charge in [-0.3, -0.25) is 9.59 Å². The zero-order valence-electron chi connectivity index (χ0n) is 19.5. The molecule has 2 aliphatic rings. The van der Waals surface area contributed by atoms with Crippen LogP contribution in [0.5, 0.6) is 0 Å². The molecule has 0 amide bonds. The van der Waals surface area contributed by atoms with Crippen LogP contribution in [-0.2, 0) is 16.1 Å². The molecular formula is C28H35NO3. The first-order valence-electron chi connectivity index (χ1n) is 11.7. The molecule has 0 saturated carbocycles. The first-order chi connectivity index (χ1) is 15.3. The van der Waals surface area contributed by atoms with Gasteiger partial charge < -0.3 is 10.4 Å². The van der Waals surface area contributed by atoms with Gasteiger partial charge in [-0.2, -0.15) is 0 Å². The van der Waals surface area contributed by atoms with E-state index in [1.54, 1.807) is 0 Å². The lowest BCUT2D eigenvalue weighted by atomic mass is 9.70. The Morgan fingerprint density at radius 3 is 2.53 bits per heavy atom. The third-order valence-electron chi connectivity index (χ3n) is 6.57. The highest BCUT2D eigenvalue weighted by Crippen LogP contribution is 2.41. The van der Waals surface area contributed by atoms with E-state index in [4.69, 9.17) is 0 Å². The average molecular weight is 434 g/mol. The Balaban J connectivity index is 2.06. The van der Waals surface area contributed by atoms with Gasteiger partial charge >= 0.3 is 0 Å². The molecule has 0 heterocycles. The van der Waals surface area contributed by atoms with Crippen molar-refractivity contribution in [3.05, 3.63) is 82.3 Å². The van der Waals surface area contributed by atoms with Gasteiger partial charge in [0, 0.05) is 18.0 Å². The van der Waals surface area contributed by atoms with Crippen molar-refractivity contribution >= 4 is 11.6 Å². The summed E-state index contributed by atoms with van der Waals surface area (Å²) in [6.07, 6.45) is 7.10. The number of unbranched alkanes of at least 4 members (excludes halogenated alkanes) is 2. The van der Waals surface area contributed by atoms with Crippen molar-refractivity contribution in [1.82, 2.24) is 5.32 Å². The summed E-state index contributed by atoms with van der Waals surface area (Å²) in [6.45, 7) is 10.7. The lowest BCUT2D eigenvalue weighted by molar-refractivity contribution is -0.133. The zero-order valence-corrected chi connectivity index (χ0v) is 19.5. The number of aliphatic hydroxyl groups excluding tert-OH is 1. The van der Waals surface area contributed by atoms with Crippen LogP contribution >= 0.6 is 0 Å². The highest BCUT2D eigenvalue weighted by atomic mass is 16.3. The van der Waals surface area contributed by atoms with Gasteiger partial charge in [-0.1, -0.05) is 73.9 Å². The van der Waals surface area contributed by atoms with Crippen LogP contribution in [0.1, 0.15) is 64.9 Å². The number of hydrogen-bond donors (Lipinski definition) is 2. The Labute approximate surface area is 191 Å². The van der Waals surface area contributed by atoms with Gasteiger partial charge in [-0.15, -0.1) is 0 Å². The molecule has 0 spiro atoms. The minimum absolute atomic E-state index is 0.0321. The number of rotatable bonds is 9. The maximum atomic E-state index is 13.3. The van der Waals surface area contributed by atoms with Crippen LogP contribution in [0.15, 0.2) is 76.7 Å². The maximum absolute atomic E-state index is 13.3. The smallest absolute Gasteiger partial charge is 0.233 e. The molecule has 1 aromatic carbocycles. The lowest BCUT2D eigenvalue weighted by Gasteiger charge is -2.34. The zero-order chi connectivity index (χ0) is 23.3. The number of benzene rings is 1. The van der Waals surface area contributed by atoms with E-state index < -0.39 is 11.6 Å². The van der Waals surface area contributed by atoms with E-state index in [2.05, 4.69) is 18.8 Å². The predicted octanol–water partition coefficient (Wildman–Crippen LogP) is 6.12. The highest BCUT2D eigenvalue weighted by molar-refractivity contribution is 6.50. The molecule has 2 atom stereocenters. The van der Waals surface area contributed by atoms with E-state index in [0.717, 1.165) is 43.2 Å². The third-order valence-corrected chi connectivity index (χ3v) is 6.57. The molecule has 1 aromatic rings. The molecule has 32 heavy (non-hydrogen) atoms. The van der Waals surface area contributed by atoms with Crippen LogP contribution in [0.2, 0.25) is 0 Å². The van der Waals surface area contributed by atoms with E-state index in [0.29, 0.717) is 24.2 Å². The van der Waals surface area contributed by atoms with Crippen LogP contribution in [0.25, 0.3) is 0 Å². The van der Waals surface area contributed by atoms with Crippen LogP contribution in [0.3, 0.4) is 0 Å². The van der Waals surface area contributed by atoms with Crippen molar-refractivity contribution in [3.8, 4) is 0 Å². The summed E-state index contributed by atoms with van der Waals surface area (Å²) < 4.78 is 0. The summed E-state index contributed by atoms with van der Waals surface area (Å²) in [5.74, 6) is -1.42. The summed E-state index contributed by atoms with van der Waals surface area (Å²) >= 11 is 0. The van der Waals surface area contributed by atoms with Crippen molar-refractivity contribution in [1.29, 1.82) is 0 Å². The van der Waals surface area contributed by atoms with Crippen LogP contribution in [0.4, 0.5) is 0 Å². The number of nitrogens with one attached hydrogen (secondary N) is 1. The van der Waals surface area contributed by atoms with Gasteiger partial charge in [0.2, 0.25) is 11.6 Å². The summed E-state index contributed by atoms with van der Waals surface area (Å²) in [6, 6.07) is 9.85. The molecular weight excluding hydrogens is 398 g/mol. The largest absolute Gasteiger partial charge is 0.505 e. The molecule has 170 valence electrons. The van der Waals surface area contributed by atoms with E-state index >= 15 is 0 Å². The fourth-order valence-electron chi connectivity index (χ4n) is 4.74. The summed E-state index contributed by atoms with van der Waals surface area (Å²) in [7, 11) is 0. The quantitative estimate of drug-likeness (QED) is 0.213. The minimum atomic E-state index is -0.568. The van der Waals surface area contributed by atoms with E-state index in [1.807, 2.05) is 50.3 Å². The summed E-state index contributed by atoms with van der Waals surface area (Å²) in [5.41, 5.74) is 4.22. The fourth-order valence-corrected chi connectivity index (χ4v) is 4.74. The lowest BCUT2D eigenvalue weighted by Crippen LogP contribution is -2.36. The Bertz CT molecular complexity index is 981. The normalized spacial score (nSPS) is 21.7. The maximum Gasteiger partial charge on any atom is 0.233 e. The number of Topliss-reactive ketones (excluding diaryl/α,β-unsaturated/α-hetero) is 2. The standard InChI is InChI=1S/C28H35NO3/c1-5-6-8-13-22-25(29-17-20-11-9-7-10-12-20)27(31)24(28(32)26(22)30)23-16-19(4)14-15-21(23)18(2)3/h7,9-12,16,21,23,29,31H,2,5-6,8,13-15,17H2,1,3-4H3/t21?,23-/m1/s1. The molecule has 1 unspecified atom stereocenters. The van der Waals surface area contributed by atoms with Crippen molar-refractivity contribution in [2.75, 3.05) is 0 Å². The topological polar surface area (TPSA) is 66.4 Å².